The second-order valence-corrected chi connectivity index (χ2v) is 4.96. The summed E-state index contributed by atoms with van der Waals surface area (Å²) in [6, 6.07) is 2.22. The topological polar surface area (TPSA) is 62.5 Å². The van der Waals surface area contributed by atoms with E-state index >= 15 is 0 Å². The van der Waals surface area contributed by atoms with Gasteiger partial charge in [-0.05, 0) is 40.2 Å². The van der Waals surface area contributed by atoms with E-state index in [4.69, 9.17) is 5.11 Å². The van der Waals surface area contributed by atoms with Crippen molar-refractivity contribution in [2.45, 2.75) is 39.7 Å². The quantitative estimate of drug-likeness (QED) is 0.779. The van der Waals surface area contributed by atoms with Crippen molar-refractivity contribution in [3.05, 3.63) is 29.2 Å². The monoisotopic (exact) mass is 262 g/mol. The van der Waals surface area contributed by atoms with Gasteiger partial charge >= 0.3 is 0 Å². The Morgan fingerprint density at radius 1 is 1.37 bits per heavy atom. The Kier molecular flexibility index (Phi) is 4.50. The highest BCUT2D eigenvalue weighted by Gasteiger charge is 2.12. The maximum absolute atomic E-state index is 8.76. The van der Waals surface area contributed by atoms with Crippen molar-refractivity contribution in [2.75, 3.05) is 13.2 Å². The largest absolute Gasteiger partial charge is 0.396 e. The van der Waals surface area contributed by atoms with Crippen LogP contribution < -0.4 is 5.32 Å². The van der Waals surface area contributed by atoms with Gasteiger partial charge in [-0.2, -0.15) is 5.10 Å². The summed E-state index contributed by atoms with van der Waals surface area (Å²) in [5.41, 5.74) is 4.17. The zero-order valence-electron chi connectivity index (χ0n) is 11.8. The molecular weight excluding hydrogens is 240 g/mol. The number of hydrogen-bond donors (Lipinski definition) is 2. The molecule has 104 valence electrons. The lowest BCUT2D eigenvalue weighted by molar-refractivity contribution is 0.283. The van der Waals surface area contributed by atoms with Gasteiger partial charge in [0.05, 0.1) is 5.69 Å². The molecule has 2 aromatic rings. The Hall–Kier alpha value is -1.46. The van der Waals surface area contributed by atoms with Crippen molar-refractivity contribution in [1.29, 1.82) is 0 Å². The van der Waals surface area contributed by atoms with Crippen molar-refractivity contribution in [1.82, 2.24) is 19.9 Å². The first-order valence-electron chi connectivity index (χ1n) is 6.79. The molecule has 1 atom stereocenters. The lowest BCUT2D eigenvalue weighted by atomic mass is 10.1. The first kappa shape index (κ1) is 14.0. The molecule has 5 heteroatoms. The fourth-order valence-electron chi connectivity index (χ4n) is 2.27. The van der Waals surface area contributed by atoms with E-state index in [9.17, 15) is 0 Å². The summed E-state index contributed by atoms with van der Waals surface area (Å²) in [7, 11) is 0. The molecular formula is C14H22N4O. The number of aliphatic hydroxyl groups excluding tert-OH is 1. The molecule has 2 rings (SSSR count). The van der Waals surface area contributed by atoms with Gasteiger partial charge in [-0.15, -0.1) is 0 Å². The van der Waals surface area contributed by atoms with Crippen molar-refractivity contribution in [3.8, 4) is 0 Å². The zero-order chi connectivity index (χ0) is 13.8. The lowest BCUT2D eigenvalue weighted by Gasteiger charge is -2.16. The molecule has 2 aromatic heterocycles. The maximum atomic E-state index is 8.76. The third kappa shape index (κ3) is 3.11. The van der Waals surface area contributed by atoms with Gasteiger partial charge in [0.1, 0.15) is 0 Å². The summed E-state index contributed by atoms with van der Waals surface area (Å²) < 4.78 is 1.90. The van der Waals surface area contributed by atoms with Gasteiger partial charge in [0.25, 0.3) is 0 Å². The number of aliphatic hydroxyl groups is 1. The summed E-state index contributed by atoms with van der Waals surface area (Å²) in [6.45, 7) is 7.34. The molecule has 0 aliphatic heterocycles. The lowest BCUT2D eigenvalue weighted by Crippen LogP contribution is -2.22. The van der Waals surface area contributed by atoms with E-state index in [0.29, 0.717) is 0 Å². The summed E-state index contributed by atoms with van der Waals surface area (Å²) in [5.74, 6) is 0. The molecule has 0 fully saturated rings. The van der Waals surface area contributed by atoms with Crippen LogP contribution >= 0.6 is 0 Å². The van der Waals surface area contributed by atoms with E-state index in [0.717, 1.165) is 36.4 Å². The molecule has 0 radical (unpaired) electrons. The summed E-state index contributed by atoms with van der Waals surface area (Å²) in [4.78, 5) is 4.45. The van der Waals surface area contributed by atoms with Gasteiger partial charge in [-0.3, -0.25) is 0 Å². The highest BCUT2D eigenvalue weighted by Crippen LogP contribution is 2.17. The Balaban J connectivity index is 2.13. The fraction of sp³-hybridized carbons (Fsp3) is 0.571. The molecule has 2 N–H and O–H groups in total. The van der Waals surface area contributed by atoms with E-state index in [-0.39, 0.29) is 12.6 Å². The van der Waals surface area contributed by atoms with Crippen LogP contribution in [-0.4, -0.2) is 32.9 Å². The number of aryl methyl sites for hydroxylation is 2. The third-order valence-corrected chi connectivity index (χ3v) is 3.39. The second-order valence-electron chi connectivity index (χ2n) is 4.96. The predicted octanol–water partition coefficient (Wildman–Crippen LogP) is 1.77. The summed E-state index contributed by atoms with van der Waals surface area (Å²) in [6.07, 6.45) is 3.75. The normalized spacial score (nSPS) is 13.1. The van der Waals surface area contributed by atoms with Gasteiger partial charge in [0.2, 0.25) is 0 Å². The SMILES string of the molecule is Cc1cc2ncc(C(C)NCCCCO)c(C)n2n1. The number of unbranched alkanes of at least 4 members (excludes halogenated alkanes) is 1. The van der Waals surface area contributed by atoms with Crippen LogP contribution in [0, 0.1) is 13.8 Å². The highest BCUT2D eigenvalue weighted by atomic mass is 16.2. The van der Waals surface area contributed by atoms with E-state index in [2.05, 4.69) is 29.2 Å². The number of fused-ring (bicyclic) bond motifs is 1. The van der Waals surface area contributed by atoms with Crippen LogP contribution in [-0.2, 0) is 0 Å². The Morgan fingerprint density at radius 3 is 2.89 bits per heavy atom. The fourth-order valence-corrected chi connectivity index (χ4v) is 2.27. The molecule has 1 unspecified atom stereocenters. The molecule has 0 spiro atoms. The third-order valence-electron chi connectivity index (χ3n) is 3.39. The van der Waals surface area contributed by atoms with Crippen LogP contribution in [0.1, 0.15) is 42.8 Å². The van der Waals surface area contributed by atoms with Gasteiger partial charge in [-0.1, -0.05) is 0 Å². The zero-order valence-corrected chi connectivity index (χ0v) is 11.8. The van der Waals surface area contributed by atoms with Gasteiger partial charge in [0.15, 0.2) is 5.65 Å². The van der Waals surface area contributed by atoms with Crippen molar-refractivity contribution < 1.29 is 5.11 Å². The molecule has 0 aromatic carbocycles. The molecule has 0 saturated carbocycles. The molecule has 5 nitrogen and oxygen atoms in total. The van der Waals surface area contributed by atoms with Crippen molar-refractivity contribution in [3.63, 3.8) is 0 Å². The van der Waals surface area contributed by atoms with Crippen LogP contribution in [0.2, 0.25) is 0 Å². The molecule has 0 aliphatic rings. The number of rotatable bonds is 6. The average molecular weight is 262 g/mol. The second kappa shape index (κ2) is 6.12. The van der Waals surface area contributed by atoms with Crippen molar-refractivity contribution >= 4 is 5.65 Å². The molecule has 0 amide bonds. The number of aromatic nitrogens is 3. The first-order valence-corrected chi connectivity index (χ1v) is 6.79. The van der Waals surface area contributed by atoms with E-state index < -0.39 is 0 Å². The number of hydrogen-bond acceptors (Lipinski definition) is 4. The summed E-state index contributed by atoms with van der Waals surface area (Å²) in [5, 5.41) is 16.7. The molecule has 0 bridgehead atoms. The minimum atomic E-state index is 0.236. The smallest absolute Gasteiger partial charge is 0.155 e. The highest BCUT2D eigenvalue weighted by molar-refractivity contribution is 5.42. The van der Waals surface area contributed by atoms with Crippen LogP contribution in [0.3, 0.4) is 0 Å². The molecule has 19 heavy (non-hydrogen) atoms. The Bertz CT molecular complexity index is 550. The number of nitrogens with zero attached hydrogens (tertiary/aromatic N) is 3. The van der Waals surface area contributed by atoms with Crippen LogP contribution in [0.25, 0.3) is 5.65 Å². The minimum absolute atomic E-state index is 0.236. The van der Waals surface area contributed by atoms with Crippen LogP contribution in [0.4, 0.5) is 0 Å². The maximum Gasteiger partial charge on any atom is 0.155 e. The van der Waals surface area contributed by atoms with E-state index in [1.54, 1.807) is 0 Å². The Morgan fingerprint density at radius 2 is 2.16 bits per heavy atom. The van der Waals surface area contributed by atoms with Gasteiger partial charge < -0.3 is 10.4 Å². The minimum Gasteiger partial charge on any atom is -0.396 e. The molecule has 0 saturated heterocycles. The van der Waals surface area contributed by atoms with Crippen LogP contribution in [0.5, 0.6) is 0 Å². The van der Waals surface area contributed by atoms with Gasteiger partial charge in [-0.25, -0.2) is 9.50 Å². The molecule has 2 heterocycles. The van der Waals surface area contributed by atoms with Gasteiger partial charge in [0, 0.05) is 36.2 Å². The standard InChI is InChI=1S/C14H22N4O/c1-10-8-14-16-9-13(12(3)18(14)17-10)11(2)15-6-4-5-7-19/h8-9,11,15,19H,4-7H2,1-3H3. The van der Waals surface area contributed by atoms with Crippen LogP contribution in [0.15, 0.2) is 12.3 Å². The Labute approximate surface area is 113 Å². The van der Waals surface area contributed by atoms with E-state index in [1.807, 2.05) is 23.7 Å². The number of nitrogens with one attached hydrogen (secondary N) is 1. The predicted molar refractivity (Wildman–Crippen MR) is 75.2 cm³/mol. The van der Waals surface area contributed by atoms with E-state index in [1.165, 1.54) is 5.56 Å². The molecule has 0 aliphatic carbocycles. The summed E-state index contributed by atoms with van der Waals surface area (Å²) >= 11 is 0. The first-order chi connectivity index (χ1) is 9.13. The average Bonchev–Trinajstić information content (AvgIpc) is 2.76. The van der Waals surface area contributed by atoms with Crippen molar-refractivity contribution in [2.24, 2.45) is 0 Å².